The number of nitrogens with one attached hydrogen (secondary N) is 2. The van der Waals surface area contributed by atoms with Gasteiger partial charge >= 0.3 is 0 Å². The lowest BCUT2D eigenvalue weighted by Gasteiger charge is -2.11. The average Bonchev–Trinajstić information content (AvgIpc) is 3.30. The summed E-state index contributed by atoms with van der Waals surface area (Å²) in [5, 5.41) is 15.4. The van der Waals surface area contributed by atoms with Gasteiger partial charge in [0.2, 0.25) is 5.91 Å². The molecule has 184 valence electrons. The molecule has 2 amide bonds. The maximum absolute atomic E-state index is 12.7. The minimum absolute atomic E-state index is 0.0955. The van der Waals surface area contributed by atoms with Gasteiger partial charge in [0.1, 0.15) is 5.75 Å². The largest absolute Gasteiger partial charge is 0.497 e. The first-order chi connectivity index (χ1) is 17.4. The summed E-state index contributed by atoms with van der Waals surface area (Å²) in [6, 6.07) is 21.2. The molecule has 4 rings (SSSR count). The lowest BCUT2D eigenvalue weighted by Crippen LogP contribution is -2.25. The SMILES string of the molecule is COc1ccc(NC(=O)CSc2nnc(CNC(=O)c3ccc(Cl)cc3Cl)n2-c2ccccc2)cc1. The zero-order valence-electron chi connectivity index (χ0n) is 19.1. The molecule has 4 aromatic rings. The third-order valence-corrected chi connectivity index (χ3v) is 6.48. The topological polar surface area (TPSA) is 98.1 Å². The second-order valence-corrected chi connectivity index (χ2v) is 9.23. The number of hydrogen-bond donors (Lipinski definition) is 2. The van der Waals surface area contributed by atoms with E-state index in [1.165, 1.54) is 17.8 Å². The van der Waals surface area contributed by atoms with Crippen molar-refractivity contribution in [3.63, 3.8) is 0 Å². The van der Waals surface area contributed by atoms with Crippen LogP contribution in [0.5, 0.6) is 5.75 Å². The van der Waals surface area contributed by atoms with Crippen molar-refractivity contribution >= 4 is 52.5 Å². The molecule has 36 heavy (non-hydrogen) atoms. The van der Waals surface area contributed by atoms with Crippen LogP contribution in [-0.2, 0) is 11.3 Å². The molecule has 0 spiro atoms. The number of methoxy groups -OCH3 is 1. The molecule has 0 bridgehead atoms. The number of halogens is 2. The van der Waals surface area contributed by atoms with Crippen molar-refractivity contribution in [2.45, 2.75) is 11.7 Å². The number of rotatable bonds is 9. The molecule has 0 fully saturated rings. The molecule has 8 nitrogen and oxygen atoms in total. The average molecular weight is 542 g/mol. The van der Waals surface area contributed by atoms with Crippen molar-refractivity contribution in [2.75, 3.05) is 18.2 Å². The Balaban J connectivity index is 1.47. The van der Waals surface area contributed by atoms with Crippen molar-refractivity contribution < 1.29 is 14.3 Å². The van der Waals surface area contributed by atoms with Crippen LogP contribution < -0.4 is 15.4 Å². The van der Waals surface area contributed by atoms with Crippen molar-refractivity contribution in [1.29, 1.82) is 0 Å². The summed E-state index contributed by atoms with van der Waals surface area (Å²) < 4.78 is 6.94. The van der Waals surface area contributed by atoms with Crippen LogP contribution in [0.15, 0.2) is 78.0 Å². The van der Waals surface area contributed by atoms with Crippen LogP contribution in [0.1, 0.15) is 16.2 Å². The molecule has 0 saturated heterocycles. The first-order valence-corrected chi connectivity index (χ1v) is 12.5. The molecule has 0 saturated carbocycles. The molecule has 0 aliphatic carbocycles. The van der Waals surface area contributed by atoms with E-state index >= 15 is 0 Å². The summed E-state index contributed by atoms with van der Waals surface area (Å²) in [4.78, 5) is 25.2. The second-order valence-electron chi connectivity index (χ2n) is 7.44. The number of thioether (sulfide) groups is 1. The van der Waals surface area contributed by atoms with Gasteiger partial charge in [0.15, 0.2) is 11.0 Å². The van der Waals surface area contributed by atoms with Crippen LogP contribution in [0.25, 0.3) is 5.69 Å². The summed E-state index contributed by atoms with van der Waals surface area (Å²) in [5.74, 6) is 0.755. The van der Waals surface area contributed by atoms with Gasteiger partial charge in [0.05, 0.1) is 30.0 Å². The summed E-state index contributed by atoms with van der Waals surface area (Å²) >= 11 is 13.3. The molecular weight excluding hydrogens is 521 g/mol. The van der Waals surface area contributed by atoms with Gasteiger partial charge in [0, 0.05) is 16.4 Å². The fourth-order valence-electron chi connectivity index (χ4n) is 3.27. The normalized spacial score (nSPS) is 10.6. The van der Waals surface area contributed by atoms with E-state index in [9.17, 15) is 9.59 Å². The number of ether oxygens (including phenoxy) is 1. The van der Waals surface area contributed by atoms with Gasteiger partial charge in [-0.3, -0.25) is 14.2 Å². The predicted molar refractivity (Wildman–Crippen MR) is 141 cm³/mol. The molecule has 0 aliphatic heterocycles. The summed E-state index contributed by atoms with van der Waals surface area (Å²) in [6.45, 7) is 0.0955. The van der Waals surface area contributed by atoms with E-state index in [0.29, 0.717) is 33.0 Å². The van der Waals surface area contributed by atoms with Gasteiger partial charge in [-0.05, 0) is 54.6 Å². The molecule has 0 radical (unpaired) electrons. The van der Waals surface area contributed by atoms with E-state index in [0.717, 1.165) is 5.69 Å². The van der Waals surface area contributed by atoms with Gasteiger partial charge in [0.25, 0.3) is 5.91 Å². The number of amides is 2. The van der Waals surface area contributed by atoms with Crippen LogP contribution in [0.4, 0.5) is 5.69 Å². The van der Waals surface area contributed by atoms with E-state index in [2.05, 4.69) is 20.8 Å². The number of anilines is 1. The lowest BCUT2D eigenvalue weighted by molar-refractivity contribution is -0.113. The fraction of sp³-hybridized carbons (Fsp3) is 0.120. The van der Waals surface area contributed by atoms with Crippen LogP contribution >= 0.6 is 35.0 Å². The number of carbonyl (C=O) groups is 2. The quantitative estimate of drug-likeness (QED) is 0.281. The number of carbonyl (C=O) groups excluding carboxylic acids is 2. The highest BCUT2D eigenvalue weighted by Gasteiger charge is 2.18. The molecule has 1 heterocycles. The van der Waals surface area contributed by atoms with Crippen molar-refractivity contribution in [3.8, 4) is 11.4 Å². The van der Waals surface area contributed by atoms with Crippen LogP contribution in [0.2, 0.25) is 10.0 Å². The second kappa shape index (κ2) is 11.9. The summed E-state index contributed by atoms with van der Waals surface area (Å²) in [7, 11) is 1.58. The lowest BCUT2D eigenvalue weighted by atomic mass is 10.2. The number of para-hydroxylation sites is 1. The van der Waals surface area contributed by atoms with Gasteiger partial charge in [-0.1, -0.05) is 53.2 Å². The Morgan fingerprint density at radius 1 is 1.00 bits per heavy atom. The molecule has 3 aromatic carbocycles. The minimum Gasteiger partial charge on any atom is -0.497 e. The highest BCUT2D eigenvalue weighted by molar-refractivity contribution is 7.99. The predicted octanol–water partition coefficient (Wildman–Crippen LogP) is 5.24. The van der Waals surface area contributed by atoms with Gasteiger partial charge in [-0.15, -0.1) is 10.2 Å². The van der Waals surface area contributed by atoms with E-state index in [1.54, 1.807) is 48.1 Å². The highest BCUT2D eigenvalue weighted by Crippen LogP contribution is 2.24. The zero-order chi connectivity index (χ0) is 25.5. The van der Waals surface area contributed by atoms with Crippen molar-refractivity contribution in [3.05, 3.63) is 94.2 Å². The van der Waals surface area contributed by atoms with Crippen LogP contribution in [-0.4, -0.2) is 39.4 Å². The van der Waals surface area contributed by atoms with E-state index in [4.69, 9.17) is 27.9 Å². The zero-order valence-corrected chi connectivity index (χ0v) is 21.4. The number of aromatic nitrogens is 3. The molecule has 0 atom stereocenters. The first-order valence-electron chi connectivity index (χ1n) is 10.7. The Morgan fingerprint density at radius 3 is 2.44 bits per heavy atom. The molecule has 1 aromatic heterocycles. The Labute approximate surface area is 222 Å². The summed E-state index contributed by atoms with van der Waals surface area (Å²) in [6.07, 6.45) is 0. The van der Waals surface area contributed by atoms with Gasteiger partial charge in [-0.25, -0.2) is 0 Å². The van der Waals surface area contributed by atoms with Crippen molar-refractivity contribution in [2.24, 2.45) is 0 Å². The van der Waals surface area contributed by atoms with Gasteiger partial charge < -0.3 is 15.4 Å². The van der Waals surface area contributed by atoms with Crippen molar-refractivity contribution in [1.82, 2.24) is 20.1 Å². The minimum atomic E-state index is -0.368. The number of benzene rings is 3. The Hall–Kier alpha value is -3.53. The highest BCUT2D eigenvalue weighted by atomic mass is 35.5. The Kier molecular flexibility index (Phi) is 8.48. The van der Waals surface area contributed by atoms with Crippen LogP contribution in [0, 0.1) is 0 Å². The van der Waals surface area contributed by atoms with E-state index < -0.39 is 0 Å². The molecule has 0 unspecified atom stereocenters. The standard InChI is InChI=1S/C25H21Cl2N5O3S/c1-35-19-10-8-17(9-11-19)29-23(33)15-36-25-31-30-22(32(25)18-5-3-2-4-6-18)14-28-24(34)20-12-7-16(26)13-21(20)27/h2-13H,14-15H2,1H3,(H,28,34)(H,29,33). The Morgan fingerprint density at radius 2 is 1.75 bits per heavy atom. The fourth-order valence-corrected chi connectivity index (χ4v) is 4.54. The summed E-state index contributed by atoms with van der Waals surface area (Å²) in [5.41, 5.74) is 1.76. The molecule has 2 N–H and O–H groups in total. The number of nitrogens with zero attached hydrogens (tertiary/aromatic N) is 3. The maximum atomic E-state index is 12.7. The molecule has 11 heteroatoms. The van der Waals surface area contributed by atoms with E-state index in [-0.39, 0.29) is 29.1 Å². The smallest absolute Gasteiger partial charge is 0.253 e. The third kappa shape index (κ3) is 6.37. The molecular formula is C25H21Cl2N5O3S. The first kappa shape index (κ1) is 25.6. The number of hydrogen-bond acceptors (Lipinski definition) is 6. The van der Waals surface area contributed by atoms with Crippen LogP contribution in [0.3, 0.4) is 0 Å². The third-order valence-electron chi connectivity index (χ3n) is 5.00. The van der Waals surface area contributed by atoms with Gasteiger partial charge in [-0.2, -0.15) is 0 Å². The Bertz CT molecular complexity index is 1360. The maximum Gasteiger partial charge on any atom is 0.253 e. The monoisotopic (exact) mass is 541 g/mol. The van der Waals surface area contributed by atoms with E-state index in [1.807, 2.05) is 30.3 Å². The molecule has 0 aliphatic rings.